The highest BCUT2D eigenvalue weighted by atomic mass is 32.1. The Labute approximate surface area is 61.4 Å². The molecule has 2 N–H and O–H groups in total. The molecule has 9 heavy (non-hydrogen) atoms. The van der Waals surface area contributed by atoms with Crippen LogP contribution >= 0.6 is 12.2 Å². The average Bonchev–Trinajstić information content (AvgIpc) is 1.59. The molecule has 0 heterocycles. The quantitative estimate of drug-likeness (QED) is 0.594. The summed E-state index contributed by atoms with van der Waals surface area (Å²) in [6.45, 7) is 6.26. The fraction of sp³-hybridized carbons (Fsp3) is 0.833. The van der Waals surface area contributed by atoms with Crippen LogP contribution in [0.5, 0.6) is 0 Å². The lowest BCUT2D eigenvalue weighted by molar-refractivity contribution is 0.0217. The number of ether oxygens (including phenoxy) is 1. The molecule has 0 bridgehead atoms. The Bertz CT molecular complexity index is 106. The topological polar surface area (TPSA) is 35.2 Å². The Kier molecular flexibility index (Phi) is 3.08. The molecule has 0 aliphatic heterocycles. The first-order valence-electron chi connectivity index (χ1n) is 2.84. The Hall–Kier alpha value is -0.150. The molecular formula is C6H13NOS. The van der Waals surface area contributed by atoms with Gasteiger partial charge in [0.1, 0.15) is 0 Å². The second-order valence-electron chi connectivity index (χ2n) is 2.87. The van der Waals surface area contributed by atoms with Gasteiger partial charge >= 0.3 is 0 Å². The summed E-state index contributed by atoms with van der Waals surface area (Å²) in [4.78, 5) is 0.407. The molecule has 0 saturated heterocycles. The van der Waals surface area contributed by atoms with Gasteiger partial charge < -0.3 is 10.5 Å². The van der Waals surface area contributed by atoms with E-state index in [0.29, 0.717) is 11.6 Å². The highest BCUT2D eigenvalue weighted by Gasteiger charge is 2.09. The second-order valence-corrected chi connectivity index (χ2v) is 3.39. The van der Waals surface area contributed by atoms with Crippen molar-refractivity contribution >= 4 is 17.2 Å². The van der Waals surface area contributed by atoms with Crippen LogP contribution in [0.1, 0.15) is 20.8 Å². The Morgan fingerprint density at radius 1 is 1.56 bits per heavy atom. The zero-order valence-corrected chi connectivity index (χ0v) is 6.92. The van der Waals surface area contributed by atoms with Crippen molar-refractivity contribution in [3.8, 4) is 0 Å². The van der Waals surface area contributed by atoms with Gasteiger partial charge in [-0.05, 0) is 20.8 Å². The van der Waals surface area contributed by atoms with Crippen LogP contribution in [0.25, 0.3) is 0 Å². The maximum Gasteiger partial charge on any atom is 0.0989 e. The van der Waals surface area contributed by atoms with E-state index in [4.69, 9.17) is 10.5 Å². The van der Waals surface area contributed by atoms with Gasteiger partial charge in [0.25, 0.3) is 0 Å². The van der Waals surface area contributed by atoms with Gasteiger partial charge in [0.2, 0.25) is 0 Å². The molecule has 0 rings (SSSR count). The fourth-order valence-corrected chi connectivity index (χ4v) is 0.347. The predicted octanol–water partition coefficient (Wildman–Crippen LogP) is 1.09. The van der Waals surface area contributed by atoms with E-state index < -0.39 is 0 Å². The van der Waals surface area contributed by atoms with Crippen LogP contribution in [0, 0.1) is 0 Å². The van der Waals surface area contributed by atoms with Crippen LogP contribution in [0.3, 0.4) is 0 Å². The van der Waals surface area contributed by atoms with Crippen molar-refractivity contribution < 1.29 is 4.74 Å². The molecule has 0 unspecified atom stereocenters. The zero-order valence-electron chi connectivity index (χ0n) is 6.10. The number of thiocarbonyl (C=S) groups is 1. The molecule has 0 saturated carbocycles. The summed E-state index contributed by atoms with van der Waals surface area (Å²) in [7, 11) is 0. The maximum absolute atomic E-state index is 5.22. The first-order valence-corrected chi connectivity index (χ1v) is 3.25. The van der Waals surface area contributed by atoms with Crippen LogP contribution in [-0.2, 0) is 4.74 Å². The first kappa shape index (κ1) is 8.85. The predicted molar refractivity (Wildman–Crippen MR) is 42.5 cm³/mol. The van der Waals surface area contributed by atoms with E-state index in [0.717, 1.165) is 0 Å². The minimum Gasteiger partial charge on any atom is -0.391 e. The molecule has 3 heteroatoms. The van der Waals surface area contributed by atoms with Gasteiger partial charge in [0.15, 0.2) is 0 Å². The standard InChI is InChI=1S/C6H13NOS/c1-6(2,3)8-4-5(7)9/h4H2,1-3H3,(H2,7,9). The molecule has 2 nitrogen and oxygen atoms in total. The van der Waals surface area contributed by atoms with Crippen molar-refractivity contribution in [2.75, 3.05) is 6.61 Å². The summed E-state index contributed by atoms with van der Waals surface area (Å²) in [5, 5.41) is 0. The third kappa shape index (κ3) is 7.85. The molecule has 0 aliphatic carbocycles. The highest BCUT2D eigenvalue weighted by molar-refractivity contribution is 7.80. The first-order chi connectivity index (χ1) is 3.92. The summed E-state index contributed by atoms with van der Waals surface area (Å²) in [5.41, 5.74) is 5.07. The molecule has 0 amide bonds. The molecule has 0 aromatic heterocycles. The van der Waals surface area contributed by atoms with E-state index in [1.165, 1.54) is 0 Å². The van der Waals surface area contributed by atoms with Gasteiger partial charge in [-0.25, -0.2) is 0 Å². The van der Waals surface area contributed by atoms with Crippen LogP contribution in [-0.4, -0.2) is 17.2 Å². The Morgan fingerprint density at radius 2 is 2.00 bits per heavy atom. The highest BCUT2D eigenvalue weighted by Crippen LogP contribution is 2.05. The smallest absolute Gasteiger partial charge is 0.0989 e. The van der Waals surface area contributed by atoms with Gasteiger partial charge in [-0.1, -0.05) is 12.2 Å². The van der Waals surface area contributed by atoms with Crippen molar-refractivity contribution in [1.29, 1.82) is 0 Å². The van der Waals surface area contributed by atoms with E-state index in [9.17, 15) is 0 Å². The molecule has 0 aromatic carbocycles. The molecule has 0 fully saturated rings. The van der Waals surface area contributed by atoms with E-state index >= 15 is 0 Å². The van der Waals surface area contributed by atoms with Crippen LogP contribution in [0.15, 0.2) is 0 Å². The van der Waals surface area contributed by atoms with Gasteiger partial charge in [-0.3, -0.25) is 0 Å². The normalized spacial score (nSPS) is 11.4. The van der Waals surface area contributed by atoms with E-state index in [1.807, 2.05) is 20.8 Å². The summed E-state index contributed by atoms with van der Waals surface area (Å²) < 4.78 is 5.22. The van der Waals surface area contributed by atoms with Crippen LogP contribution in [0.4, 0.5) is 0 Å². The lowest BCUT2D eigenvalue weighted by atomic mass is 10.2. The minimum atomic E-state index is -0.135. The maximum atomic E-state index is 5.22. The largest absolute Gasteiger partial charge is 0.391 e. The zero-order chi connectivity index (χ0) is 7.49. The summed E-state index contributed by atoms with van der Waals surface area (Å²) >= 11 is 4.62. The third-order valence-electron chi connectivity index (χ3n) is 0.647. The third-order valence-corrected chi connectivity index (χ3v) is 0.765. The molecule has 0 aromatic rings. The van der Waals surface area contributed by atoms with E-state index in [1.54, 1.807) is 0 Å². The van der Waals surface area contributed by atoms with Crippen molar-refractivity contribution in [2.24, 2.45) is 5.73 Å². The number of nitrogens with two attached hydrogens (primary N) is 1. The molecule has 0 spiro atoms. The summed E-state index contributed by atoms with van der Waals surface area (Å²) in [6.07, 6.45) is 0. The van der Waals surface area contributed by atoms with Crippen molar-refractivity contribution in [1.82, 2.24) is 0 Å². The van der Waals surface area contributed by atoms with E-state index in [-0.39, 0.29) is 5.60 Å². The van der Waals surface area contributed by atoms with Gasteiger partial charge in [0.05, 0.1) is 17.2 Å². The summed E-state index contributed by atoms with van der Waals surface area (Å²) in [5.74, 6) is 0. The molecular weight excluding hydrogens is 134 g/mol. The van der Waals surface area contributed by atoms with E-state index in [2.05, 4.69) is 12.2 Å². The van der Waals surface area contributed by atoms with Gasteiger partial charge in [0, 0.05) is 0 Å². The SMILES string of the molecule is CC(C)(C)OCC(N)=S. The van der Waals surface area contributed by atoms with Crippen LogP contribution < -0.4 is 5.73 Å². The van der Waals surface area contributed by atoms with Crippen molar-refractivity contribution in [3.63, 3.8) is 0 Å². The monoisotopic (exact) mass is 147 g/mol. The van der Waals surface area contributed by atoms with Gasteiger partial charge in [-0.2, -0.15) is 0 Å². The molecule has 54 valence electrons. The lowest BCUT2D eigenvalue weighted by Crippen LogP contribution is -2.26. The molecule has 0 atom stereocenters. The number of hydrogen-bond donors (Lipinski definition) is 1. The average molecular weight is 147 g/mol. The Balaban J connectivity index is 3.39. The van der Waals surface area contributed by atoms with Crippen LogP contribution in [0.2, 0.25) is 0 Å². The molecule has 0 radical (unpaired) electrons. The number of hydrogen-bond acceptors (Lipinski definition) is 2. The van der Waals surface area contributed by atoms with Gasteiger partial charge in [-0.15, -0.1) is 0 Å². The fourth-order valence-electron chi connectivity index (χ4n) is 0.288. The minimum absolute atomic E-state index is 0.135. The van der Waals surface area contributed by atoms with Crippen molar-refractivity contribution in [3.05, 3.63) is 0 Å². The lowest BCUT2D eigenvalue weighted by Gasteiger charge is -2.18. The summed E-state index contributed by atoms with van der Waals surface area (Å²) in [6, 6.07) is 0. The molecule has 0 aliphatic rings. The number of rotatable bonds is 2. The second kappa shape index (κ2) is 3.13. The Morgan fingerprint density at radius 3 is 2.11 bits per heavy atom. The van der Waals surface area contributed by atoms with Crippen molar-refractivity contribution in [2.45, 2.75) is 26.4 Å².